The largest absolute Gasteiger partial charge is 0.370 e. The van der Waals surface area contributed by atoms with Crippen LogP contribution < -0.4 is 10.2 Å². The molecule has 4 heteroatoms. The van der Waals surface area contributed by atoms with E-state index < -0.39 is 0 Å². The van der Waals surface area contributed by atoms with Crippen molar-refractivity contribution in [3.8, 4) is 0 Å². The average molecular weight is 315 g/mol. The minimum Gasteiger partial charge on any atom is -0.370 e. The highest BCUT2D eigenvalue weighted by Crippen LogP contribution is 2.09. The van der Waals surface area contributed by atoms with Crippen molar-refractivity contribution in [3.05, 3.63) is 34.3 Å². The predicted molar refractivity (Wildman–Crippen MR) is 75.6 cm³/mol. The van der Waals surface area contributed by atoms with Crippen molar-refractivity contribution in [3.63, 3.8) is 0 Å². The second-order valence-corrected chi connectivity index (χ2v) is 5.79. The van der Waals surface area contributed by atoms with Gasteiger partial charge in [-0.05, 0) is 12.1 Å². The topological polar surface area (TPSA) is 30.3 Å². The molecule has 0 radical (unpaired) electrons. The summed E-state index contributed by atoms with van der Waals surface area (Å²) in [5.74, 6) is 0. The lowest BCUT2D eigenvalue weighted by Gasteiger charge is -2.23. The zero-order valence-corrected chi connectivity index (χ0v) is 12.4. The van der Waals surface area contributed by atoms with Crippen LogP contribution in [0.3, 0.4) is 0 Å². The maximum Gasteiger partial charge on any atom is 0.101 e. The number of hydrogen-bond donors (Lipinski definition) is 2. The van der Waals surface area contributed by atoms with Gasteiger partial charge in [0.2, 0.25) is 0 Å². The Morgan fingerprint density at radius 2 is 1.89 bits per heavy atom. The third kappa shape index (κ3) is 5.06. The molecule has 3 nitrogen and oxygen atoms in total. The molecule has 1 fully saturated rings. The summed E-state index contributed by atoms with van der Waals surface area (Å²) < 4.78 is 6.52. The van der Waals surface area contributed by atoms with Gasteiger partial charge in [0.1, 0.15) is 19.6 Å². The van der Waals surface area contributed by atoms with Gasteiger partial charge in [0.15, 0.2) is 0 Å². The van der Waals surface area contributed by atoms with Crippen LogP contribution in [0.5, 0.6) is 0 Å². The Morgan fingerprint density at radius 1 is 1.17 bits per heavy atom. The van der Waals surface area contributed by atoms with Gasteiger partial charge in [0.25, 0.3) is 0 Å². The number of rotatable bonds is 6. The molecule has 1 aromatic carbocycles. The number of ether oxygens (including phenoxy) is 1. The Bertz CT molecular complexity index is 336. The summed E-state index contributed by atoms with van der Waals surface area (Å²) in [4.78, 5) is 1.71. The Balaban J connectivity index is 1.54. The first-order valence-electron chi connectivity index (χ1n) is 6.82. The fraction of sp³-hybridized carbons (Fsp3) is 0.571. The molecule has 3 N–H and O–H groups in total. The predicted octanol–water partition coefficient (Wildman–Crippen LogP) is -0.182. The zero-order valence-electron chi connectivity index (χ0n) is 10.8. The van der Waals surface area contributed by atoms with Gasteiger partial charge in [0.05, 0.1) is 26.3 Å². The highest BCUT2D eigenvalue weighted by atomic mass is 79.9. The number of nitrogens with one attached hydrogen (secondary N) is 1. The fourth-order valence-corrected chi connectivity index (χ4v) is 2.56. The quantitative estimate of drug-likeness (QED) is 0.701. The van der Waals surface area contributed by atoms with Crippen molar-refractivity contribution in [1.82, 2.24) is 0 Å². The van der Waals surface area contributed by atoms with E-state index in [1.807, 2.05) is 0 Å². The maximum atomic E-state index is 5.36. The summed E-state index contributed by atoms with van der Waals surface area (Å²) in [7, 11) is 0. The minimum atomic E-state index is 0.942. The lowest BCUT2D eigenvalue weighted by Crippen LogP contribution is -3.14. The molecule has 100 valence electrons. The van der Waals surface area contributed by atoms with Gasteiger partial charge in [-0.3, -0.25) is 0 Å². The molecule has 1 heterocycles. The van der Waals surface area contributed by atoms with Crippen LogP contribution in [0.2, 0.25) is 0 Å². The molecule has 2 rings (SSSR count). The summed E-state index contributed by atoms with van der Waals surface area (Å²) >= 11 is 3.46. The second-order valence-electron chi connectivity index (χ2n) is 4.87. The molecule has 0 unspecified atom stereocenters. The molecular formula is C14H23BrN2O+2. The Hall–Kier alpha value is -0.420. The molecule has 1 aliphatic heterocycles. The van der Waals surface area contributed by atoms with Gasteiger partial charge >= 0.3 is 0 Å². The third-order valence-corrected chi connectivity index (χ3v) is 3.96. The number of benzene rings is 1. The van der Waals surface area contributed by atoms with E-state index in [1.54, 1.807) is 4.90 Å². The van der Waals surface area contributed by atoms with Gasteiger partial charge in [-0.2, -0.15) is 0 Å². The molecule has 1 saturated heterocycles. The van der Waals surface area contributed by atoms with E-state index >= 15 is 0 Å². The van der Waals surface area contributed by atoms with E-state index in [2.05, 4.69) is 45.5 Å². The van der Waals surface area contributed by atoms with E-state index in [0.717, 1.165) is 24.2 Å². The van der Waals surface area contributed by atoms with Crippen LogP contribution in [-0.2, 0) is 11.3 Å². The van der Waals surface area contributed by atoms with Crippen molar-refractivity contribution < 1.29 is 15.0 Å². The van der Waals surface area contributed by atoms with Gasteiger partial charge < -0.3 is 15.0 Å². The van der Waals surface area contributed by atoms with Crippen molar-refractivity contribution in [1.29, 1.82) is 0 Å². The van der Waals surface area contributed by atoms with Crippen molar-refractivity contribution in [2.24, 2.45) is 0 Å². The highest BCUT2D eigenvalue weighted by molar-refractivity contribution is 9.10. The number of morpholine rings is 1. The lowest BCUT2D eigenvalue weighted by atomic mass is 10.2. The molecule has 18 heavy (non-hydrogen) atoms. The third-order valence-electron chi connectivity index (χ3n) is 3.43. The van der Waals surface area contributed by atoms with Crippen molar-refractivity contribution in [2.75, 3.05) is 39.4 Å². The summed E-state index contributed by atoms with van der Waals surface area (Å²) in [5, 5.41) is 2.41. The number of quaternary nitrogens is 2. The van der Waals surface area contributed by atoms with Crippen LogP contribution in [0.15, 0.2) is 28.7 Å². The van der Waals surface area contributed by atoms with E-state index in [9.17, 15) is 0 Å². The Kier molecular flexibility index (Phi) is 6.14. The van der Waals surface area contributed by atoms with E-state index in [4.69, 9.17) is 4.74 Å². The fourth-order valence-electron chi connectivity index (χ4n) is 2.30. The summed E-state index contributed by atoms with van der Waals surface area (Å²) in [6, 6.07) is 8.60. The van der Waals surface area contributed by atoms with Crippen LogP contribution in [-0.4, -0.2) is 39.4 Å². The molecule has 0 bridgehead atoms. The van der Waals surface area contributed by atoms with Crippen LogP contribution in [0, 0.1) is 0 Å². The minimum absolute atomic E-state index is 0.942. The molecule has 0 amide bonds. The molecule has 0 aromatic heterocycles. The first kappa shape index (κ1) is 14.0. The van der Waals surface area contributed by atoms with E-state index in [1.165, 1.54) is 38.2 Å². The van der Waals surface area contributed by atoms with Gasteiger partial charge in [-0.15, -0.1) is 0 Å². The van der Waals surface area contributed by atoms with Gasteiger partial charge in [-0.1, -0.05) is 28.1 Å². The lowest BCUT2D eigenvalue weighted by molar-refractivity contribution is -0.909. The van der Waals surface area contributed by atoms with Crippen LogP contribution >= 0.6 is 15.9 Å². The van der Waals surface area contributed by atoms with Crippen molar-refractivity contribution in [2.45, 2.75) is 13.0 Å². The number of halogens is 1. The monoisotopic (exact) mass is 314 g/mol. The molecule has 0 aliphatic carbocycles. The van der Waals surface area contributed by atoms with Crippen LogP contribution in [0.1, 0.15) is 12.0 Å². The molecule has 0 spiro atoms. The normalized spacial score (nSPS) is 16.9. The van der Waals surface area contributed by atoms with E-state index in [0.29, 0.717) is 0 Å². The number of hydrogen-bond acceptors (Lipinski definition) is 1. The molecule has 1 aliphatic rings. The summed E-state index contributed by atoms with van der Waals surface area (Å²) in [6.07, 6.45) is 1.30. The van der Waals surface area contributed by atoms with Crippen LogP contribution in [0.25, 0.3) is 0 Å². The second kappa shape index (κ2) is 7.89. The van der Waals surface area contributed by atoms with Crippen molar-refractivity contribution >= 4 is 15.9 Å². The zero-order chi connectivity index (χ0) is 12.6. The smallest absolute Gasteiger partial charge is 0.101 e. The van der Waals surface area contributed by atoms with Gasteiger partial charge in [-0.25, -0.2) is 0 Å². The van der Waals surface area contributed by atoms with Gasteiger partial charge in [0, 0.05) is 16.5 Å². The molecule has 1 aromatic rings. The maximum absolute atomic E-state index is 5.36. The molecule has 0 saturated carbocycles. The first-order valence-corrected chi connectivity index (χ1v) is 7.61. The summed E-state index contributed by atoms with van der Waals surface area (Å²) in [6.45, 7) is 7.86. The standard InChI is InChI=1S/C14H21BrN2O/c15-14-4-2-13(3-5-14)12-16-6-1-7-17-8-10-18-11-9-17/h2-5,16H,1,6-12H2/p+2. The van der Waals surface area contributed by atoms with Crippen LogP contribution in [0.4, 0.5) is 0 Å². The first-order chi connectivity index (χ1) is 8.84. The Labute approximate surface area is 118 Å². The highest BCUT2D eigenvalue weighted by Gasteiger charge is 2.12. The summed E-state index contributed by atoms with van der Waals surface area (Å²) in [5.41, 5.74) is 1.40. The molecular weight excluding hydrogens is 292 g/mol. The molecule has 0 atom stereocenters. The SMILES string of the molecule is Brc1ccc(C[NH2+]CCC[NH+]2CCOCC2)cc1. The Morgan fingerprint density at radius 3 is 2.61 bits per heavy atom. The average Bonchev–Trinajstić information content (AvgIpc) is 2.42. The van der Waals surface area contributed by atoms with E-state index in [-0.39, 0.29) is 0 Å². The number of nitrogens with two attached hydrogens (primary N) is 1.